The van der Waals surface area contributed by atoms with Gasteiger partial charge in [-0.15, -0.1) is 0 Å². The molecule has 0 unspecified atom stereocenters. The van der Waals surface area contributed by atoms with Crippen LogP contribution < -0.4 is 5.19 Å². The molecule has 0 saturated carbocycles. The van der Waals surface area contributed by atoms with Crippen molar-refractivity contribution in [2.75, 3.05) is 33.7 Å². The van der Waals surface area contributed by atoms with Gasteiger partial charge in [-0.05, 0) is 51.5 Å². The van der Waals surface area contributed by atoms with E-state index in [0.29, 0.717) is 0 Å². The maximum Gasteiger partial charge on any atom is 0.0775 e. The predicted molar refractivity (Wildman–Crippen MR) is 96.0 cm³/mol. The maximum absolute atomic E-state index is 2.62. The van der Waals surface area contributed by atoms with Crippen LogP contribution in [-0.4, -0.2) is 51.6 Å². The third kappa shape index (κ3) is 5.24. The average Bonchev–Trinajstić information content (AvgIpc) is 2.40. The Morgan fingerprint density at radius 3 is 2.10 bits per heavy atom. The lowest BCUT2D eigenvalue weighted by Crippen LogP contribution is -2.38. The fourth-order valence-electron chi connectivity index (χ4n) is 3.21. The number of hydrogen-bond acceptors (Lipinski definition) is 2. The minimum Gasteiger partial charge on any atom is -0.309 e. The molecule has 0 spiro atoms. The molecule has 118 valence electrons. The maximum atomic E-state index is 2.62. The number of likely N-dealkylation sites (tertiary alicyclic amines) is 1. The van der Waals surface area contributed by atoms with Crippen molar-refractivity contribution in [3.8, 4) is 0 Å². The van der Waals surface area contributed by atoms with E-state index in [-0.39, 0.29) is 0 Å². The minimum absolute atomic E-state index is 0.894. The number of benzene rings is 1. The topological polar surface area (TPSA) is 6.48 Å². The fraction of sp³-hybridized carbons (Fsp3) is 0.667. The van der Waals surface area contributed by atoms with Crippen LogP contribution in [0.3, 0.4) is 0 Å². The molecule has 0 N–H and O–H groups in total. The van der Waals surface area contributed by atoms with Crippen LogP contribution in [0.25, 0.3) is 0 Å². The highest BCUT2D eigenvalue weighted by molar-refractivity contribution is 6.88. The summed E-state index contributed by atoms with van der Waals surface area (Å²) in [4.78, 5) is 4.95. The first-order valence-electron chi connectivity index (χ1n) is 8.31. The van der Waals surface area contributed by atoms with Gasteiger partial charge >= 0.3 is 0 Å². The van der Waals surface area contributed by atoms with Crippen molar-refractivity contribution in [3.63, 3.8) is 0 Å². The molecule has 2 rings (SSSR count). The van der Waals surface area contributed by atoms with Gasteiger partial charge in [-0.3, -0.25) is 4.90 Å². The van der Waals surface area contributed by atoms with Gasteiger partial charge in [0.05, 0.1) is 8.07 Å². The van der Waals surface area contributed by atoms with Crippen LogP contribution in [0.1, 0.15) is 18.4 Å². The molecule has 1 saturated heterocycles. The summed E-state index contributed by atoms with van der Waals surface area (Å²) >= 11 is 0. The highest BCUT2D eigenvalue weighted by atomic mass is 28.3. The van der Waals surface area contributed by atoms with Crippen LogP contribution in [0.15, 0.2) is 24.3 Å². The summed E-state index contributed by atoms with van der Waals surface area (Å²) in [6.45, 7) is 12.1. The largest absolute Gasteiger partial charge is 0.309 e. The SMILES string of the molecule is CN(C)CC1CCN(Cc2ccc([Si](C)(C)C)cc2)CC1. The summed E-state index contributed by atoms with van der Waals surface area (Å²) in [6, 6.07) is 9.42. The lowest BCUT2D eigenvalue weighted by atomic mass is 9.96. The van der Waals surface area contributed by atoms with Crippen molar-refractivity contribution < 1.29 is 0 Å². The van der Waals surface area contributed by atoms with Crippen molar-refractivity contribution in [1.29, 1.82) is 0 Å². The van der Waals surface area contributed by atoms with Gasteiger partial charge in [0.1, 0.15) is 0 Å². The molecule has 0 radical (unpaired) electrons. The third-order valence-electron chi connectivity index (χ3n) is 4.56. The molecule has 1 aromatic carbocycles. The number of hydrogen-bond donors (Lipinski definition) is 0. The summed E-state index contributed by atoms with van der Waals surface area (Å²) in [5, 5.41) is 1.57. The van der Waals surface area contributed by atoms with Crippen molar-refractivity contribution in [3.05, 3.63) is 29.8 Å². The second-order valence-electron chi connectivity index (χ2n) is 7.93. The smallest absolute Gasteiger partial charge is 0.0775 e. The monoisotopic (exact) mass is 304 g/mol. The van der Waals surface area contributed by atoms with E-state index in [1.54, 1.807) is 5.19 Å². The lowest BCUT2D eigenvalue weighted by Gasteiger charge is -2.33. The van der Waals surface area contributed by atoms with E-state index in [1.807, 2.05) is 0 Å². The Morgan fingerprint density at radius 1 is 1.05 bits per heavy atom. The van der Waals surface area contributed by atoms with Gasteiger partial charge in [0.25, 0.3) is 0 Å². The van der Waals surface area contributed by atoms with Gasteiger partial charge in [-0.1, -0.05) is 49.1 Å². The van der Waals surface area contributed by atoms with Crippen LogP contribution >= 0.6 is 0 Å². The molecule has 1 aliphatic heterocycles. The van der Waals surface area contributed by atoms with Gasteiger partial charge in [0, 0.05) is 13.1 Å². The zero-order valence-electron chi connectivity index (χ0n) is 14.5. The zero-order valence-corrected chi connectivity index (χ0v) is 15.5. The van der Waals surface area contributed by atoms with Gasteiger partial charge in [-0.2, -0.15) is 0 Å². The second kappa shape index (κ2) is 7.08. The first kappa shape index (κ1) is 16.7. The standard InChI is InChI=1S/C18H32N2Si/c1-19(2)14-17-10-12-20(13-11-17)15-16-6-8-18(9-7-16)21(3,4)5/h6-9,17H,10-15H2,1-5H3. The molecule has 0 aromatic heterocycles. The van der Waals surface area contributed by atoms with Crippen LogP contribution in [0.4, 0.5) is 0 Å². The molecule has 1 aliphatic rings. The van der Waals surface area contributed by atoms with E-state index in [1.165, 1.54) is 38.0 Å². The Hall–Kier alpha value is -0.643. The minimum atomic E-state index is -1.15. The molecule has 1 heterocycles. The van der Waals surface area contributed by atoms with Crippen molar-refractivity contribution in [1.82, 2.24) is 9.80 Å². The molecule has 0 bridgehead atoms. The Balaban J connectivity index is 1.83. The van der Waals surface area contributed by atoms with Gasteiger partial charge in [0.15, 0.2) is 0 Å². The normalized spacial score (nSPS) is 18.4. The molecular formula is C18H32N2Si. The summed E-state index contributed by atoms with van der Waals surface area (Å²) < 4.78 is 0. The van der Waals surface area contributed by atoms with Crippen molar-refractivity contribution in [2.24, 2.45) is 5.92 Å². The zero-order chi connectivity index (χ0) is 15.5. The quantitative estimate of drug-likeness (QED) is 0.772. The molecule has 21 heavy (non-hydrogen) atoms. The number of rotatable bonds is 5. The molecule has 3 heteroatoms. The van der Waals surface area contributed by atoms with Crippen molar-refractivity contribution >= 4 is 13.3 Å². The Kier molecular flexibility index (Phi) is 5.64. The van der Waals surface area contributed by atoms with Gasteiger partial charge in [0.2, 0.25) is 0 Å². The van der Waals surface area contributed by atoms with Gasteiger partial charge < -0.3 is 4.90 Å². The van der Waals surface area contributed by atoms with E-state index in [4.69, 9.17) is 0 Å². The van der Waals surface area contributed by atoms with Crippen LogP contribution in [0, 0.1) is 5.92 Å². The van der Waals surface area contributed by atoms with E-state index in [9.17, 15) is 0 Å². The highest BCUT2D eigenvalue weighted by Gasteiger charge is 2.20. The predicted octanol–water partition coefficient (Wildman–Crippen LogP) is 3.01. The Morgan fingerprint density at radius 2 is 1.62 bits per heavy atom. The molecule has 1 fully saturated rings. The second-order valence-corrected chi connectivity index (χ2v) is 13.0. The highest BCUT2D eigenvalue weighted by Crippen LogP contribution is 2.19. The van der Waals surface area contributed by atoms with Crippen LogP contribution in [0.2, 0.25) is 19.6 Å². The first-order chi connectivity index (χ1) is 9.84. The molecule has 0 aliphatic carbocycles. The average molecular weight is 305 g/mol. The summed E-state index contributed by atoms with van der Waals surface area (Å²) in [5.41, 5.74) is 1.48. The Labute approximate surface area is 132 Å². The number of piperidine rings is 1. The summed E-state index contributed by atoms with van der Waals surface area (Å²) in [6.07, 6.45) is 2.70. The molecule has 2 nitrogen and oxygen atoms in total. The van der Waals surface area contributed by atoms with Crippen LogP contribution in [0.5, 0.6) is 0 Å². The summed E-state index contributed by atoms with van der Waals surface area (Å²) in [7, 11) is 3.22. The summed E-state index contributed by atoms with van der Waals surface area (Å²) in [5.74, 6) is 0.894. The molecule has 1 aromatic rings. The van der Waals surface area contributed by atoms with Gasteiger partial charge in [-0.25, -0.2) is 0 Å². The number of nitrogens with zero attached hydrogens (tertiary/aromatic N) is 2. The first-order valence-corrected chi connectivity index (χ1v) is 11.8. The third-order valence-corrected chi connectivity index (χ3v) is 6.62. The fourth-order valence-corrected chi connectivity index (χ4v) is 4.38. The van der Waals surface area contributed by atoms with E-state index < -0.39 is 8.07 Å². The van der Waals surface area contributed by atoms with E-state index >= 15 is 0 Å². The molecular weight excluding hydrogens is 272 g/mol. The Bertz CT molecular complexity index is 426. The molecule has 0 amide bonds. The van der Waals surface area contributed by atoms with E-state index in [0.717, 1.165) is 12.5 Å². The van der Waals surface area contributed by atoms with E-state index in [2.05, 4.69) is 67.8 Å². The molecule has 0 atom stereocenters. The van der Waals surface area contributed by atoms with Crippen LogP contribution in [-0.2, 0) is 6.54 Å². The van der Waals surface area contributed by atoms with Crippen molar-refractivity contribution in [2.45, 2.75) is 39.0 Å². The lowest BCUT2D eigenvalue weighted by molar-refractivity contribution is 0.157.